The van der Waals surface area contributed by atoms with Gasteiger partial charge in [-0.2, -0.15) is 9.78 Å². The van der Waals surface area contributed by atoms with Crippen molar-refractivity contribution in [1.29, 1.82) is 0 Å². The Morgan fingerprint density at radius 2 is 1.93 bits per heavy atom. The Kier molecular flexibility index (Phi) is 5.99. The molecule has 3 heterocycles. The number of nitrogens with zero attached hydrogens (tertiary/aromatic N) is 7. The molecule has 0 unspecified atom stereocenters. The minimum atomic E-state index is -0.641. The number of aryl methyl sites for hydroxylation is 2. The molecule has 1 amide bonds. The van der Waals surface area contributed by atoms with Crippen LogP contribution in [0.15, 0.2) is 6.20 Å². The third-order valence-corrected chi connectivity index (χ3v) is 5.51. The molecule has 152 valence electrons. The van der Waals surface area contributed by atoms with Crippen LogP contribution in [0.25, 0.3) is 0 Å². The first-order valence-electron chi connectivity index (χ1n) is 9.20. The Labute approximate surface area is 167 Å². The Hall–Kier alpha value is -2.46. The summed E-state index contributed by atoms with van der Waals surface area (Å²) in [5, 5.41) is 19.2. The van der Waals surface area contributed by atoms with Gasteiger partial charge in [0.15, 0.2) is 5.02 Å². The van der Waals surface area contributed by atoms with Crippen LogP contribution >= 0.6 is 11.6 Å². The summed E-state index contributed by atoms with van der Waals surface area (Å²) in [5.41, 5.74) is 2.66. The third-order valence-electron chi connectivity index (χ3n) is 5.07. The molecule has 1 fully saturated rings. The van der Waals surface area contributed by atoms with E-state index in [0.29, 0.717) is 18.8 Å². The van der Waals surface area contributed by atoms with Crippen LogP contribution in [-0.4, -0.2) is 66.4 Å². The number of nitro groups is 1. The second-order valence-electron chi connectivity index (χ2n) is 6.89. The predicted molar refractivity (Wildman–Crippen MR) is 103 cm³/mol. The van der Waals surface area contributed by atoms with E-state index >= 15 is 0 Å². The summed E-state index contributed by atoms with van der Waals surface area (Å²) in [6.07, 6.45) is 2.07. The van der Waals surface area contributed by atoms with Crippen LogP contribution in [0.4, 0.5) is 5.82 Å². The fraction of sp³-hybridized carbons (Fsp3) is 0.588. The lowest BCUT2D eigenvalue weighted by molar-refractivity contribution is -0.389. The third kappa shape index (κ3) is 4.17. The molecule has 2 aromatic heterocycles. The van der Waals surface area contributed by atoms with E-state index < -0.39 is 10.7 Å². The van der Waals surface area contributed by atoms with Crippen LogP contribution in [-0.2, 0) is 24.4 Å². The van der Waals surface area contributed by atoms with Crippen molar-refractivity contribution in [2.24, 2.45) is 0 Å². The van der Waals surface area contributed by atoms with E-state index in [4.69, 9.17) is 11.6 Å². The van der Waals surface area contributed by atoms with Crippen LogP contribution in [0.3, 0.4) is 0 Å². The summed E-state index contributed by atoms with van der Waals surface area (Å²) in [5.74, 6) is -0.536. The molecule has 0 N–H and O–H groups in total. The van der Waals surface area contributed by atoms with Crippen molar-refractivity contribution in [3.63, 3.8) is 0 Å². The van der Waals surface area contributed by atoms with Gasteiger partial charge >= 0.3 is 5.82 Å². The summed E-state index contributed by atoms with van der Waals surface area (Å²) in [6, 6.07) is 0. The monoisotopic (exact) mass is 409 g/mol. The molecule has 1 aliphatic heterocycles. The topological polar surface area (TPSA) is 102 Å². The summed E-state index contributed by atoms with van der Waals surface area (Å²) in [7, 11) is 0. The van der Waals surface area contributed by atoms with E-state index in [9.17, 15) is 14.9 Å². The lowest BCUT2D eigenvalue weighted by Crippen LogP contribution is -2.49. The maximum Gasteiger partial charge on any atom is 0.408 e. The highest BCUT2D eigenvalue weighted by Crippen LogP contribution is 2.26. The fourth-order valence-electron chi connectivity index (χ4n) is 3.28. The van der Waals surface area contributed by atoms with Crippen LogP contribution in [0.1, 0.15) is 23.9 Å². The average Bonchev–Trinajstić information content (AvgIpc) is 3.16. The maximum absolute atomic E-state index is 12.6. The summed E-state index contributed by atoms with van der Waals surface area (Å²) in [4.78, 5) is 27.0. The highest BCUT2D eigenvalue weighted by Gasteiger charge is 2.28. The smallest absolute Gasteiger partial charge is 0.358 e. The zero-order valence-electron chi connectivity index (χ0n) is 16.3. The van der Waals surface area contributed by atoms with Gasteiger partial charge in [0.2, 0.25) is 5.91 Å². The number of amides is 1. The van der Waals surface area contributed by atoms with Gasteiger partial charge in [0.25, 0.3) is 0 Å². The largest absolute Gasteiger partial charge is 0.408 e. The standard InChI is InChI=1S/C17H24ClN7O3/c1-4-23-10-14(12(2)19-23)9-21-5-7-22(8-6-21)15(26)11-24-13(3)16(18)17(20-24)25(27)28/h10H,4-9,11H2,1-3H3. The quantitative estimate of drug-likeness (QED) is 0.530. The molecule has 0 radical (unpaired) electrons. The van der Waals surface area contributed by atoms with Gasteiger partial charge in [0.05, 0.1) is 16.5 Å². The molecule has 0 aliphatic carbocycles. The van der Waals surface area contributed by atoms with Gasteiger partial charge in [-0.3, -0.25) is 14.4 Å². The number of rotatable bonds is 6. The summed E-state index contributed by atoms with van der Waals surface area (Å²) < 4.78 is 3.23. The van der Waals surface area contributed by atoms with E-state index in [2.05, 4.69) is 28.2 Å². The minimum absolute atomic E-state index is 0.0226. The molecule has 0 bridgehead atoms. The van der Waals surface area contributed by atoms with Crippen molar-refractivity contribution in [3.05, 3.63) is 38.3 Å². The number of hydrogen-bond donors (Lipinski definition) is 0. The Bertz CT molecular complexity index is 884. The van der Waals surface area contributed by atoms with Crippen LogP contribution < -0.4 is 0 Å². The molecule has 2 aromatic rings. The van der Waals surface area contributed by atoms with Gasteiger partial charge in [-0.25, -0.2) is 0 Å². The van der Waals surface area contributed by atoms with E-state index in [0.717, 1.165) is 31.9 Å². The van der Waals surface area contributed by atoms with E-state index in [1.165, 1.54) is 10.2 Å². The number of hydrogen-bond acceptors (Lipinski definition) is 6. The van der Waals surface area contributed by atoms with Crippen molar-refractivity contribution in [2.45, 2.75) is 40.4 Å². The van der Waals surface area contributed by atoms with Crippen molar-refractivity contribution < 1.29 is 9.72 Å². The first-order valence-corrected chi connectivity index (χ1v) is 9.58. The van der Waals surface area contributed by atoms with Gasteiger partial charge in [-0.15, -0.1) is 0 Å². The van der Waals surface area contributed by atoms with Gasteiger partial charge < -0.3 is 15.0 Å². The normalized spacial score (nSPS) is 15.2. The van der Waals surface area contributed by atoms with Gasteiger partial charge in [0.1, 0.15) is 6.54 Å². The number of aromatic nitrogens is 4. The van der Waals surface area contributed by atoms with Crippen molar-refractivity contribution in [2.75, 3.05) is 26.2 Å². The number of carbonyl (C=O) groups is 1. The summed E-state index contributed by atoms with van der Waals surface area (Å²) >= 11 is 5.94. The molecule has 3 rings (SSSR count). The average molecular weight is 410 g/mol. The fourth-order valence-corrected chi connectivity index (χ4v) is 3.48. The Morgan fingerprint density at radius 3 is 2.46 bits per heavy atom. The molecule has 1 aliphatic rings. The predicted octanol–water partition coefficient (Wildman–Crippen LogP) is 1.62. The van der Waals surface area contributed by atoms with Crippen LogP contribution in [0.2, 0.25) is 5.02 Å². The second-order valence-corrected chi connectivity index (χ2v) is 7.27. The van der Waals surface area contributed by atoms with Gasteiger partial charge in [-0.05, 0) is 25.7 Å². The molecule has 1 saturated heterocycles. The lowest BCUT2D eigenvalue weighted by atomic mass is 10.2. The molecule has 0 atom stereocenters. The second kappa shape index (κ2) is 8.27. The SMILES string of the molecule is CCn1cc(CN2CCN(C(=O)Cn3nc([N+](=O)[O-])c(Cl)c3C)CC2)c(C)n1. The highest BCUT2D eigenvalue weighted by atomic mass is 35.5. The zero-order chi connectivity index (χ0) is 20.4. The molecule has 0 spiro atoms. The molecule has 11 heteroatoms. The molecule has 28 heavy (non-hydrogen) atoms. The first-order chi connectivity index (χ1) is 13.3. The van der Waals surface area contributed by atoms with E-state index in [1.807, 2.05) is 11.6 Å². The number of piperazine rings is 1. The first kappa shape index (κ1) is 20.3. The van der Waals surface area contributed by atoms with Crippen LogP contribution in [0, 0.1) is 24.0 Å². The van der Waals surface area contributed by atoms with Crippen LogP contribution in [0.5, 0.6) is 0 Å². The van der Waals surface area contributed by atoms with Crippen molar-refractivity contribution in [3.8, 4) is 0 Å². The van der Waals surface area contributed by atoms with Crippen molar-refractivity contribution in [1.82, 2.24) is 29.4 Å². The molecule has 0 saturated carbocycles. The molecular weight excluding hydrogens is 386 g/mol. The maximum atomic E-state index is 12.6. The van der Waals surface area contributed by atoms with E-state index in [-0.39, 0.29) is 17.5 Å². The molecular formula is C17H24ClN7O3. The zero-order valence-corrected chi connectivity index (χ0v) is 17.0. The van der Waals surface area contributed by atoms with Gasteiger partial charge in [-0.1, -0.05) is 11.6 Å². The number of halogens is 1. The lowest BCUT2D eigenvalue weighted by Gasteiger charge is -2.34. The van der Waals surface area contributed by atoms with Crippen molar-refractivity contribution >= 4 is 23.3 Å². The summed E-state index contributed by atoms with van der Waals surface area (Å²) in [6.45, 7) is 10.0. The van der Waals surface area contributed by atoms with Gasteiger partial charge in [0, 0.05) is 51.0 Å². The minimum Gasteiger partial charge on any atom is -0.358 e. The molecule has 0 aromatic carbocycles. The number of carbonyl (C=O) groups excluding carboxylic acids is 1. The Morgan fingerprint density at radius 1 is 1.25 bits per heavy atom. The Balaban J connectivity index is 1.56. The van der Waals surface area contributed by atoms with E-state index in [1.54, 1.807) is 11.8 Å². The molecule has 10 nitrogen and oxygen atoms in total. The highest BCUT2D eigenvalue weighted by molar-refractivity contribution is 6.33.